The quantitative estimate of drug-likeness (QED) is 0.788. The molecular formula is C16H21NO. The van der Waals surface area contributed by atoms with Gasteiger partial charge in [-0.05, 0) is 44.2 Å². The van der Waals surface area contributed by atoms with Crippen LogP contribution in [0, 0.1) is 0 Å². The van der Waals surface area contributed by atoms with E-state index in [-0.39, 0.29) is 5.91 Å². The van der Waals surface area contributed by atoms with Crippen LogP contribution in [-0.2, 0) is 0 Å². The van der Waals surface area contributed by atoms with Crippen molar-refractivity contribution in [2.24, 2.45) is 0 Å². The molecular weight excluding hydrogens is 222 g/mol. The normalized spacial score (nSPS) is 20.9. The van der Waals surface area contributed by atoms with Gasteiger partial charge in [0.05, 0.1) is 0 Å². The van der Waals surface area contributed by atoms with E-state index < -0.39 is 0 Å². The minimum absolute atomic E-state index is 0.0479. The van der Waals surface area contributed by atoms with E-state index in [2.05, 4.69) is 11.9 Å². The first-order valence-corrected chi connectivity index (χ1v) is 6.78. The van der Waals surface area contributed by atoms with E-state index in [0.717, 1.165) is 31.2 Å². The first kappa shape index (κ1) is 12.9. The minimum atomic E-state index is 0.0479. The topological polar surface area (TPSA) is 29.1 Å². The zero-order chi connectivity index (χ0) is 12.8. The molecule has 2 heteroatoms. The Kier molecular flexibility index (Phi) is 4.57. The number of allylic oxidation sites excluding steroid dienone is 1. The van der Waals surface area contributed by atoms with Crippen LogP contribution in [0.15, 0.2) is 42.5 Å². The summed E-state index contributed by atoms with van der Waals surface area (Å²) in [7, 11) is 0. The third-order valence-electron chi connectivity index (χ3n) is 3.55. The first-order valence-electron chi connectivity index (χ1n) is 6.78. The lowest BCUT2D eigenvalue weighted by Crippen LogP contribution is -2.35. The van der Waals surface area contributed by atoms with Crippen LogP contribution in [0.4, 0.5) is 0 Å². The molecule has 1 aromatic carbocycles. The predicted octanol–water partition coefficient (Wildman–Crippen LogP) is 3.70. The Labute approximate surface area is 109 Å². The second-order valence-electron chi connectivity index (χ2n) is 5.07. The van der Waals surface area contributed by atoms with Crippen molar-refractivity contribution in [3.8, 4) is 0 Å². The van der Waals surface area contributed by atoms with Gasteiger partial charge in [0.1, 0.15) is 0 Å². The molecule has 2 nitrogen and oxygen atoms in total. The molecule has 1 N–H and O–H groups in total. The van der Waals surface area contributed by atoms with Gasteiger partial charge in [0, 0.05) is 11.6 Å². The molecule has 0 heterocycles. The largest absolute Gasteiger partial charge is 0.349 e. The maximum atomic E-state index is 12.1. The summed E-state index contributed by atoms with van der Waals surface area (Å²) in [6.07, 6.45) is 6.69. The fourth-order valence-electron chi connectivity index (χ4n) is 2.42. The summed E-state index contributed by atoms with van der Waals surface area (Å²) in [6.45, 7) is 4.07. The summed E-state index contributed by atoms with van der Waals surface area (Å²) in [5.74, 6) is 0.0479. The summed E-state index contributed by atoms with van der Waals surface area (Å²) in [4.78, 5) is 12.1. The molecule has 18 heavy (non-hydrogen) atoms. The summed E-state index contributed by atoms with van der Waals surface area (Å²) in [5, 5.41) is 3.14. The van der Waals surface area contributed by atoms with Crippen LogP contribution in [0.1, 0.15) is 48.9 Å². The highest BCUT2D eigenvalue weighted by Crippen LogP contribution is 2.20. The van der Waals surface area contributed by atoms with Gasteiger partial charge in [0.2, 0.25) is 0 Å². The fourth-order valence-corrected chi connectivity index (χ4v) is 2.42. The van der Waals surface area contributed by atoms with Crippen LogP contribution >= 0.6 is 0 Å². The average molecular weight is 243 g/mol. The molecule has 0 bridgehead atoms. The van der Waals surface area contributed by atoms with Crippen molar-refractivity contribution >= 4 is 5.91 Å². The van der Waals surface area contributed by atoms with Crippen LogP contribution in [0.2, 0.25) is 0 Å². The van der Waals surface area contributed by atoms with Crippen molar-refractivity contribution in [2.45, 2.75) is 44.6 Å². The second kappa shape index (κ2) is 6.39. The molecule has 0 aliphatic heterocycles. The molecule has 0 saturated heterocycles. The molecule has 1 aliphatic rings. The van der Waals surface area contributed by atoms with Crippen LogP contribution < -0.4 is 5.32 Å². The van der Waals surface area contributed by atoms with Crippen LogP contribution in [0.3, 0.4) is 0 Å². The van der Waals surface area contributed by atoms with Crippen LogP contribution in [-0.4, -0.2) is 11.9 Å². The Balaban J connectivity index is 1.91. The Hall–Kier alpha value is -1.57. The molecule has 1 aliphatic carbocycles. The smallest absolute Gasteiger partial charge is 0.251 e. The van der Waals surface area contributed by atoms with Crippen molar-refractivity contribution in [1.82, 2.24) is 5.32 Å². The zero-order valence-corrected chi connectivity index (χ0v) is 10.8. The summed E-state index contributed by atoms with van der Waals surface area (Å²) in [6, 6.07) is 9.74. The maximum absolute atomic E-state index is 12.1. The lowest BCUT2D eigenvalue weighted by molar-refractivity contribution is 0.0931. The van der Waals surface area contributed by atoms with Gasteiger partial charge in [0.25, 0.3) is 5.91 Å². The lowest BCUT2D eigenvalue weighted by Gasteiger charge is -2.22. The van der Waals surface area contributed by atoms with Gasteiger partial charge in [0.15, 0.2) is 0 Å². The molecule has 0 spiro atoms. The van der Waals surface area contributed by atoms with Gasteiger partial charge < -0.3 is 5.32 Å². The van der Waals surface area contributed by atoms with E-state index in [4.69, 9.17) is 0 Å². The molecule has 1 amide bonds. The standard InChI is InChI=1S/C16H21NO/c1-13-7-5-6-10-15(12-11-13)17-16(18)14-8-3-2-4-9-14/h2-4,8-9,15H,1,5-7,10-12H2,(H,17,18). The summed E-state index contributed by atoms with van der Waals surface area (Å²) in [5.41, 5.74) is 2.08. The number of nitrogens with one attached hydrogen (secondary N) is 1. The minimum Gasteiger partial charge on any atom is -0.349 e. The number of hydrogen-bond acceptors (Lipinski definition) is 1. The number of carbonyl (C=O) groups excluding carboxylic acids is 1. The number of carbonyl (C=O) groups is 1. The molecule has 1 fully saturated rings. The van der Waals surface area contributed by atoms with Gasteiger partial charge in [-0.25, -0.2) is 0 Å². The Bertz CT molecular complexity index is 410. The molecule has 1 aromatic rings. The number of benzene rings is 1. The molecule has 1 atom stereocenters. The highest BCUT2D eigenvalue weighted by Gasteiger charge is 2.15. The lowest BCUT2D eigenvalue weighted by atomic mass is 9.94. The Morgan fingerprint density at radius 1 is 1.11 bits per heavy atom. The third-order valence-corrected chi connectivity index (χ3v) is 3.55. The van der Waals surface area contributed by atoms with E-state index >= 15 is 0 Å². The molecule has 2 rings (SSSR count). The van der Waals surface area contributed by atoms with Gasteiger partial charge >= 0.3 is 0 Å². The number of hydrogen-bond donors (Lipinski definition) is 1. The van der Waals surface area contributed by atoms with Crippen molar-refractivity contribution in [2.75, 3.05) is 0 Å². The van der Waals surface area contributed by atoms with E-state index in [1.807, 2.05) is 30.3 Å². The van der Waals surface area contributed by atoms with Crippen LogP contribution in [0.25, 0.3) is 0 Å². The fraction of sp³-hybridized carbons (Fsp3) is 0.438. The summed E-state index contributed by atoms with van der Waals surface area (Å²) >= 11 is 0. The number of amides is 1. The van der Waals surface area contributed by atoms with Crippen molar-refractivity contribution in [3.05, 3.63) is 48.0 Å². The van der Waals surface area contributed by atoms with Crippen molar-refractivity contribution < 1.29 is 4.79 Å². The molecule has 1 unspecified atom stereocenters. The Morgan fingerprint density at radius 3 is 2.67 bits per heavy atom. The summed E-state index contributed by atoms with van der Waals surface area (Å²) < 4.78 is 0. The molecule has 0 aromatic heterocycles. The zero-order valence-electron chi connectivity index (χ0n) is 10.8. The highest BCUT2D eigenvalue weighted by molar-refractivity contribution is 5.94. The van der Waals surface area contributed by atoms with Gasteiger partial charge in [-0.2, -0.15) is 0 Å². The molecule has 96 valence electrons. The van der Waals surface area contributed by atoms with Gasteiger partial charge in [-0.15, -0.1) is 0 Å². The number of rotatable bonds is 2. The highest BCUT2D eigenvalue weighted by atomic mass is 16.1. The second-order valence-corrected chi connectivity index (χ2v) is 5.07. The van der Waals surface area contributed by atoms with Crippen LogP contribution in [0.5, 0.6) is 0 Å². The monoisotopic (exact) mass is 243 g/mol. The average Bonchev–Trinajstić information content (AvgIpc) is 2.39. The molecule has 1 saturated carbocycles. The molecule has 0 radical (unpaired) electrons. The van der Waals surface area contributed by atoms with E-state index in [1.165, 1.54) is 18.4 Å². The van der Waals surface area contributed by atoms with Gasteiger partial charge in [-0.1, -0.05) is 36.8 Å². The van der Waals surface area contributed by atoms with E-state index in [1.54, 1.807) is 0 Å². The van der Waals surface area contributed by atoms with E-state index in [9.17, 15) is 4.79 Å². The van der Waals surface area contributed by atoms with Crippen molar-refractivity contribution in [1.29, 1.82) is 0 Å². The predicted molar refractivity (Wildman–Crippen MR) is 74.5 cm³/mol. The SMILES string of the molecule is C=C1CCCCC(NC(=O)c2ccccc2)CC1. The van der Waals surface area contributed by atoms with Gasteiger partial charge in [-0.3, -0.25) is 4.79 Å². The third kappa shape index (κ3) is 3.73. The maximum Gasteiger partial charge on any atom is 0.251 e. The van der Waals surface area contributed by atoms with E-state index in [0.29, 0.717) is 6.04 Å². The Morgan fingerprint density at radius 2 is 1.89 bits per heavy atom. The van der Waals surface area contributed by atoms with Crippen molar-refractivity contribution in [3.63, 3.8) is 0 Å². The first-order chi connectivity index (χ1) is 8.75.